The van der Waals surface area contributed by atoms with E-state index >= 15 is 0 Å². The molecule has 1 atom stereocenters. The van der Waals surface area contributed by atoms with Crippen molar-refractivity contribution in [2.75, 3.05) is 0 Å². The molecule has 0 aliphatic rings. The van der Waals surface area contributed by atoms with Gasteiger partial charge in [0.05, 0.1) is 17.1 Å². The molecule has 0 fully saturated rings. The molecular weight excluding hydrogens is 503 g/mol. The highest BCUT2D eigenvalue weighted by molar-refractivity contribution is 9.10. The number of pyridine rings is 1. The van der Waals surface area contributed by atoms with Gasteiger partial charge in [0.25, 0.3) is 0 Å². The molecule has 5 nitrogen and oxygen atoms in total. The van der Waals surface area contributed by atoms with E-state index in [0.717, 1.165) is 51.1 Å². The standard InChI is InChI=1S/C25H26BrFN4OS/c1-5-20-12-19(30-33-20)9-16-14-31(4)29-25(16)21-8-7-18(27)11-22(21)15(3)32-24-10-17(26)13-28-23(24)6-2/h7-8,10-15H,5-6,9H2,1-4H3/t15-/m1/s1. The zero-order valence-corrected chi connectivity index (χ0v) is 21.5. The van der Waals surface area contributed by atoms with E-state index in [1.54, 1.807) is 16.9 Å². The maximum absolute atomic E-state index is 14.4. The van der Waals surface area contributed by atoms with Gasteiger partial charge in [0.1, 0.15) is 17.7 Å². The Morgan fingerprint density at radius 2 is 2.00 bits per heavy atom. The Balaban J connectivity index is 1.71. The van der Waals surface area contributed by atoms with E-state index < -0.39 is 6.10 Å². The molecule has 4 aromatic rings. The zero-order valence-electron chi connectivity index (χ0n) is 19.1. The lowest BCUT2D eigenvalue weighted by Crippen LogP contribution is -2.08. The van der Waals surface area contributed by atoms with Crippen molar-refractivity contribution in [1.82, 2.24) is 19.1 Å². The van der Waals surface area contributed by atoms with Gasteiger partial charge >= 0.3 is 0 Å². The smallest absolute Gasteiger partial charge is 0.142 e. The molecule has 8 heteroatoms. The summed E-state index contributed by atoms with van der Waals surface area (Å²) in [6.07, 6.45) is 5.74. The van der Waals surface area contributed by atoms with Crippen LogP contribution in [0.1, 0.15) is 54.3 Å². The van der Waals surface area contributed by atoms with Crippen molar-refractivity contribution >= 4 is 27.5 Å². The molecule has 0 amide bonds. The Morgan fingerprint density at radius 3 is 2.73 bits per heavy atom. The summed E-state index contributed by atoms with van der Waals surface area (Å²) in [4.78, 5) is 5.71. The summed E-state index contributed by atoms with van der Waals surface area (Å²) in [5.74, 6) is 0.377. The van der Waals surface area contributed by atoms with Crippen LogP contribution in [0.2, 0.25) is 0 Å². The van der Waals surface area contributed by atoms with Crippen molar-refractivity contribution in [2.24, 2.45) is 7.05 Å². The number of hydrogen-bond donors (Lipinski definition) is 0. The van der Waals surface area contributed by atoms with Gasteiger partial charge in [0.15, 0.2) is 0 Å². The van der Waals surface area contributed by atoms with Crippen molar-refractivity contribution in [3.8, 4) is 17.0 Å². The summed E-state index contributed by atoms with van der Waals surface area (Å²) in [5.41, 5.74) is 5.33. The fourth-order valence-corrected chi connectivity index (χ4v) is 4.83. The first-order valence-electron chi connectivity index (χ1n) is 11.0. The Bertz CT molecular complexity index is 1270. The summed E-state index contributed by atoms with van der Waals surface area (Å²) in [6, 6.07) is 8.84. The number of ether oxygens (including phenoxy) is 1. The van der Waals surface area contributed by atoms with Gasteiger partial charge in [-0.15, -0.1) is 0 Å². The third kappa shape index (κ3) is 5.33. The zero-order chi connectivity index (χ0) is 23.5. The lowest BCUT2D eigenvalue weighted by atomic mass is 9.96. The molecule has 0 radical (unpaired) electrons. The topological polar surface area (TPSA) is 52.8 Å². The average Bonchev–Trinajstić information content (AvgIpc) is 3.40. The van der Waals surface area contributed by atoms with E-state index in [1.165, 1.54) is 28.5 Å². The second-order valence-corrected chi connectivity index (χ2v) is 9.74. The molecule has 0 saturated heterocycles. The highest BCUT2D eigenvalue weighted by atomic mass is 79.9. The van der Waals surface area contributed by atoms with Gasteiger partial charge < -0.3 is 4.74 Å². The minimum absolute atomic E-state index is 0.308. The third-order valence-corrected chi connectivity index (χ3v) is 6.88. The third-order valence-electron chi connectivity index (χ3n) is 5.47. The van der Waals surface area contributed by atoms with Crippen LogP contribution < -0.4 is 4.74 Å². The minimum atomic E-state index is -0.405. The second-order valence-electron chi connectivity index (χ2n) is 7.94. The van der Waals surface area contributed by atoms with E-state index in [0.29, 0.717) is 12.2 Å². The van der Waals surface area contributed by atoms with Gasteiger partial charge in [-0.25, -0.2) is 4.39 Å². The SMILES string of the molecule is CCc1cc(Cc2cn(C)nc2-c2ccc(F)cc2[C@@H](C)Oc2cc(Br)cnc2CC)ns1. The molecule has 3 heterocycles. The Kier molecular flexibility index (Phi) is 7.24. The molecule has 0 bridgehead atoms. The quantitative estimate of drug-likeness (QED) is 0.255. The number of aryl methyl sites for hydroxylation is 3. The largest absolute Gasteiger partial charge is 0.484 e. The molecule has 3 aromatic heterocycles. The van der Waals surface area contributed by atoms with E-state index in [1.807, 2.05) is 33.2 Å². The minimum Gasteiger partial charge on any atom is -0.484 e. The monoisotopic (exact) mass is 528 g/mol. The van der Waals surface area contributed by atoms with Crippen LogP contribution >= 0.6 is 27.5 Å². The Hall–Kier alpha value is -2.58. The molecule has 0 unspecified atom stereocenters. The van der Waals surface area contributed by atoms with Crippen LogP contribution in [0.3, 0.4) is 0 Å². The first-order valence-corrected chi connectivity index (χ1v) is 12.5. The fraction of sp³-hybridized carbons (Fsp3) is 0.320. The highest BCUT2D eigenvalue weighted by Gasteiger charge is 2.21. The lowest BCUT2D eigenvalue weighted by molar-refractivity contribution is 0.223. The lowest BCUT2D eigenvalue weighted by Gasteiger charge is -2.20. The Morgan fingerprint density at radius 1 is 1.18 bits per heavy atom. The van der Waals surface area contributed by atoms with E-state index in [4.69, 9.17) is 9.84 Å². The second kappa shape index (κ2) is 10.1. The molecule has 4 rings (SSSR count). The Labute approximate surface area is 205 Å². The maximum atomic E-state index is 14.4. The van der Waals surface area contributed by atoms with Gasteiger partial charge in [-0.05, 0) is 77.6 Å². The maximum Gasteiger partial charge on any atom is 0.142 e. The predicted molar refractivity (Wildman–Crippen MR) is 133 cm³/mol. The van der Waals surface area contributed by atoms with Crippen LogP contribution in [0.5, 0.6) is 5.75 Å². The normalized spacial score (nSPS) is 12.2. The van der Waals surface area contributed by atoms with Crippen LogP contribution in [0, 0.1) is 5.82 Å². The first-order chi connectivity index (χ1) is 15.9. The van der Waals surface area contributed by atoms with Gasteiger partial charge in [-0.2, -0.15) is 9.47 Å². The van der Waals surface area contributed by atoms with E-state index in [9.17, 15) is 4.39 Å². The molecule has 0 spiro atoms. The average molecular weight is 529 g/mol. The molecule has 0 N–H and O–H groups in total. The summed E-state index contributed by atoms with van der Waals surface area (Å²) in [5, 5.41) is 4.73. The first kappa shape index (κ1) is 23.6. The fourth-order valence-electron chi connectivity index (χ4n) is 3.85. The van der Waals surface area contributed by atoms with Crippen LogP contribution in [-0.2, 0) is 26.3 Å². The van der Waals surface area contributed by atoms with Gasteiger partial charge in [-0.3, -0.25) is 9.67 Å². The highest BCUT2D eigenvalue weighted by Crippen LogP contribution is 2.35. The summed E-state index contributed by atoms with van der Waals surface area (Å²) in [6.45, 7) is 6.09. The van der Waals surface area contributed by atoms with Crippen molar-refractivity contribution in [3.05, 3.63) is 80.4 Å². The summed E-state index contributed by atoms with van der Waals surface area (Å²) in [7, 11) is 1.90. The van der Waals surface area contributed by atoms with Gasteiger partial charge in [0.2, 0.25) is 0 Å². The number of benzene rings is 1. The number of halogens is 2. The molecule has 172 valence electrons. The van der Waals surface area contributed by atoms with Crippen molar-refractivity contribution < 1.29 is 9.13 Å². The molecule has 33 heavy (non-hydrogen) atoms. The van der Waals surface area contributed by atoms with Crippen LogP contribution in [-0.4, -0.2) is 19.1 Å². The van der Waals surface area contributed by atoms with Gasteiger partial charge in [-0.1, -0.05) is 13.8 Å². The molecule has 0 aliphatic carbocycles. The number of rotatable bonds is 8. The molecule has 0 saturated carbocycles. The summed E-state index contributed by atoms with van der Waals surface area (Å²) >= 11 is 5.00. The van der Waals surface area contributed by atoms with Crippen molar-refractivity contribution in [1.29, 1.82) is 0 Å². The number of nitrogens with zero attached hydrogens (tertiary/aromatic N) is 4. The van der Waals surface area contributed by atoms with Crippen molar-refractivity contribution in [3.63, 3.8) is 0 Å². The summed E-state index contributed by atoms with van der Waals surface area (Å²) < 4.78 is 27.9. The number of hydrogen-bond acceptors (Lipinski definition) is 5. The van der Waals surface area contributed by atoms with Gasteiger partial charge in [0, 0.05) is 51.9 Å². The molecular formula is C25H26BrFN4OS. The van der Waals surface area contributed by atoms with Crippen LogP contribution in [0.4, 0.5) is 4.39 Å². The predicted octanol–water partition coefficient (Wildman–Crippen LogP) is 6.70. The van der Waals surface area contributed by atoms with Crippen LogP contribution in [0.15, 0.2) is 47.2 Å². The number of aromatic nitrogens is 4. The molecule has 0 aliphatic heterocycles. The molecule has 1 aromatic carbocycles. The van der Waals surface area contributed by atoms with Crippen molar-refractivity contribution in [2.45, 2.75) is 46.1 Å². The van der Waals surface area contributed by atoms with Crippen LogP contribution in [0.25, 0.3) is 11.3 Å². The van der Waals surface area contributed by atoms with E-state index in [2.05, 4.69) is 38.3 Å². The van der Waals surface area contributed by atoms with E-state index in [-0.39, 0.29) is 5.82 Å².